The molecule has 0 aromatic carbocycles. The monoisotopic (exact) mass is 234 g/mol. The second kappa shape index (κ2) is 4.99. The number of hydrogen-bond donors (Lipinski definition) is 3. The lowest BCUT2D eigenvalue weighted by atomic mass is 10.0. The van der Waals surface area contributed by atoms with Gasteiger partial charge in [0.25, 0.3) is 0 Å². The van der Waals surface area contributed by atoms with Crippen LogP contribution in [0.1, 0.15) is 26.7 Å². The molecule has 0 radical (unpaired) electrons. The molecule has 2 heterocycles. The van der Waals surface area contributed by atoms with Gasteiger partial charge in [-0.25, -0.2) is 0 Å². The number of nitrogens with two attached hydrogens (primary N) is 1. The lowest BCUT2D eigenvalue weighted by molar-refractivity contribution is 0.518. The maximum atomic E-state index is 5.65. The van der Waals surface area contributed by atoms with E-state index in [1.807, 2.05) is 0 Å². The van der Waals surface area contributed by atoms with Crippen molar-refractivity contribution in [3.63, 3.8) is 0 Å². The molecule has 0 aliphatic rings. The first-order valence-electron chi connectivity index (χ1n) is 5.95. The third-order valence-corrected chi connectivity index (χ3v) is 3.04. The molecule has 92 valence electrons. The van der Waals surface area contributed by atoms with E-state index in [0.717, 1.165) is 30.6 Å². The summed E-state index contributed by atoms with van der Waals surface area (Å²) in [5.41, 5.74) is 6.32. The van der Waals surface area contributed by atoms with Crippen LogP contribution >= 0.6 is 0 Å². The van der Waals surface area contributed by atoms with E-state index in [1.165, 1.54) is 0 Å². The normalized spacial score (nSPS) is 11.2. The predicted molar refractivity (Wildman–Crippen MR) is 68.7 cm³/mol. The quantitative estimate of drug-likeness (QED) is 0.733. The molecule has 0 spiro atoms. The van der Waals surface area contributed by atoms with Gasteiger partial charge in [-0.15, -0.1) is 0 Å². The first kappa shape index (κ1) is 11.6. The summed E-state index contributed by atoms with van der Waals surface area (Å²) in [6.45, 7) is 5.28. The summed E-state index contributed by atoms with van der Waals surface area (Å²) in [6, 6.07) is 0. The zero-order chi connectivity index (χ0) is 12.3. The highest BCUT2D eigenvalue weighted by molar-refractivity contribution is 5.86. The van der Waals surface area contributed by atoms with Crippen molar-refractivity contribution in [3.05, 3.63) is 6.20 Å². The van der Waals surface area contributed by atoms with Crippen LogP contribution in [0.25, 0.3) is 11.0 Å². The predicted octanol–water partition coefficient (Wildman–Crippen LogP) is 1.78. The largest absolute Gasteiger partial charge is 0.369 e. The van der Waals surface area contributed by atoms with E-state index >= 15 is 0 Å². The zero-order valence-corrected chi connectivity index (χ0v) is 10.2. The molecule has 0 atom stereocenters. The number of H-pyrrole nitrogens is 1. The molecule has 0 fully saturated rings. The summed E-state index contributed by atoms with van der Waals surface area (Å²) in [4.78, 5) is 8.28. The molecule has 0 saturated heterocycles. The van der Waals surface area contributed by atoms with Crippen molar-refractivity contribution in [1.29, 1.82) is 0 Å². The third-order valence-electron chi connectivity index (χ3n) is 3.04. The van der Waals surface area contributed by atoms with Crippen molar-refractivity contribution in [2.75, 3.05) is 17.6 Å². The summed E-state index contributed by atoms with van der Waals surface area (Å²) in [5, 5.41) is 10.9. The van der Waals surface area contributed by atoms with Crippen molar-refractivity contribution in [1.82, 2.24) is 20.2 Å². The molecule has 2 aromatic rings. The fourth-order valence-corrected chi connectivity index (χ4v) is 1.81. The second-order valence-electron chi connectivity index (χ2n) is 4.13. The first-order valence-corrected chi connectivity index (χ1v) is 5.95. The summed E-state index contributed by atoms with van der Waals surface area (Å²) in [5.74, 6) is 1.66. The smallest absolute Gasteiger partial charge is 0.224 e. The molecule has 2 rings (SSSR count). The molecule has 0 aliphatic heterocycles. The average molecular weight is 234 g/mol. The maximum Gasteiger partial charge on any atom is 0.224 e. The highest BCUT2D eigenvalue weighted by Gasteiger charge is 2.09. The van der Waals surface area contributed by atoms with Gasteiger partial charge in [-0.2, -0.15) is 15.1 Å². The third kappa shape index (κ3) is 2.46. The van der Waals surface area contributed by atoms with E-state index in [1.54, 1.807) is 6.20 Å². The van der Waals surface area contributed by atoms with Gasteiger partial charge in [0, 0.05) is 6.54 Å². The van der Waals surface area contributed by atoms with Crippen LogP contribution in [0.5, 0.6) is 0 Å². The lowest BCUT2D eigenvalue weighted by Crippen LogP contribution is -2.14. The summed E-state index contributed by atoms with van der Waals surface area (Å²) < 4.78 is 0. The van der Waals surface area contributed by atoms with Crippen molar-refractivity contribution in [3.8, 4) is 0 Å². The minimum absolute atomic E-state index is 0.258. The Morgan fingerprint density at radius 1 is 1.35 bits per heavy atom. The molecule has 17 heavy (non-hydrogen) atoms. The molecule has 6 heteroatoms. The number of aromatic amines is 1. The van der Waals surface area contributed by atoms with E-state index in [9.17, 15) is 0 Å². The number of anilines is 2. The van der Waals surface area contributed by atoms with E-state index in [-0.39, 0.29) is 5.95 Å². The number of hydrogen-bond acceptors (Lipinski definition) is 5. The SMILES string of the molecule is CCC(CC)CNc1nc(N)nc2[nH]ncc12. The highest BCUT2D eigenvalue weighted by atomic mass is 15.2. The Morgan fingerprint density at radius 2 is 2.12 bits per heavy atom. The Morgan fingerprint density at radius 3 is 2.82 bits per heavy atom. The molecule has 0 saturated carbocycles. The number of rotatable bonds is 5. The van der Waals surface area contributed by atoms with Gasteiger partial charge in [-0.05, 0) is 5.92 Å². The van der Waals surface area contributed by atoms with Crippen LogP contribution in [-0.4, -0.2) is 26.7 Å². The van der Waals surface area contributed by atoms with E-state index in [4.69, 9.17) is 5.73 Å². The Balaban J connectivity index is 2.20. The fourth-order valence-electron chi connectivity index (χ4n) is 1.81. The number of fused-ring (bicyclic) bond motifs is 1. The Hall–Kier alpha value is -1.85. The lowest BCUT2D eigenvalue weighted by Gasteiger charge is -2.14. The van der Waals surface area contributed by atoms with Gasteiger partial charge in [0.1, 0.15) is 5.82 Å². The van der Waals surface area contributed by atoms with Crippen molar-refractivity contribution in [2.45, 2.75) is 26.7 Å². The highest BCUT2D eigenvalue weighted by Crippen LogP contribution is 2.19. The molecule has 0 aliphatic carbocycles. The molecule has 4 N–H and O–H groups in total. The van der Waals surface area contributed by atoms with Gasteiger partial charge in [-0.3, -0.25) is 5.10 Å². The Kier molecular flexibility index (Phi) is 3.41. The van der Waals surface area contributed by atoms with Crippen LogP contribution < -0.4 is 11.1 Å². The molecule has 0 bridgehead atoms. The number of nitrogens with zero attached hydrogens (tertiary/aromatic N) is 3. The molecule has 0 unspecified atom stereocenters. The summed E-state index contributed by atoms with van der Waals surface area (Å²) in [6.07, 6.45) is 4.02. The number of nitrogens with one attached hydrogen (secondary N) is 2. The number of aromatic nitrogens is 4. The van der Waals surface area contributed by atoms with Gasteiger partial charge in [0.2, 0.25) is 5.95 Å². The van der Waals surface area contributed by atoms with E-state index < -0.39 is 0 Å². The van der Waals surface area contributed by atoms with Crippen LogP contribution in [0.4, 0.5) is 11.8 Å². The van der Waals surface area contributed by atoms with Crippen molar-refractivity contribution >= 4 is 22.8 Å². The average Bonchev–Trinajstić information content (AvgIpc) is 2.78. The van der Waals surface area contributed by atoms with Gasteiger partial charge in [0.15, 0.2) is 5.65 Å². The van der Waals surface area contributed by atoms with Crippen molar-refractivity contribution < 1.29 is 0 Å². The standard InChI is InChI=1S/C11H18N6/c1-3-7(4-2)5-13-9-8-6-14-17-10(8)16-11(12)15-9/h6-7H,3-5H2,1-2H3,(H4,12,13,14,15,16,17). The van der Waals surface area contributed by atoms with Gasteiger partial charge >= 0.3 is 0 Å². The molecular weight excluding hydrogens is 216 g/mol. The molecule has 6 nitrogen and oxygen atoms in total. The Labute approximate surface area is 100 Å². The molecule has 0 amide bonds. The minimum atomic E-state index is 0.258. The number of nitrogen functional groups attached to an aromatic ring is 1. The summed E-state index contributed by atoms with van der Waals surface area (Å²) >= 11 is 0. The van der Waals surface area contributed by atoms with Crippen LogP contribution in [0, 0.1) is 5.92 Å². The van der Waals surface area contributed by atoms with E-state index in [0.29, 0.717) is 11.6 Å². The fraction of sp³-hybridized carbons (Fsp3) is 0.545. The second-order valence-corrected chi connectivity index (χ2v) is 4.13. The van der Waals surface area contributed by atoms with E-state index in [2.05, 4.69) is 39.3 Å². The van der Waals surface area contributed by atoms with Gasteiger partial charge in [0.05, 0.1) is 11.6 Å². The molecule has 2 aromatic heterocycles. The van der Waals surface area contributed by atoms with Gasteiger partial charge < -0.3 is 11.1 Å². The van der Waals surface area contributed by atoms with Gasteiger partial charge in [-0.1, -0.05) is 26.7 Å². The van der Waals surface area contributed by atoms with Crippen molar-refractivity contribution in [2.24, 2.45) is 5.92 Å². The Bertz CT molecular complexity index is 488. The zero-order valence-electron chi connectivity index (χ0n) is 10.2. The van der Waals surface area contributed by atoms with Crippen LogP contribution in [0.15, 0.2) is 6.20 Å². The topological polar surface area (TPSA) is 92.5 Å². The van der Waals surface area contributed by atoms with Crippen LogP contribution in [-0.2, 0) is 0 Å². The minimum Gasteiger partial charge on any atom is -0.369 e. The summed E-state index contributed by atoms with van der Waals surface area (Å²) in [7, 11) is 0. The van der Waals surface area contributed by atoms with Crippen LogP contribution in [0.3, 0.4) is 0 Å². The van der Waals surface area contributed by atoms with Crippen LogP contribution in [0.2, 0.25) is 0 Å². The maximum absolute atomic E-state index is 5.65. The first-order chi connectivity index (χ1) is 8.24. The molecular formula is C11H18N6.